The zero-order valence-electron chi connectivity index (χ0n) is 9.64. The molecule has 0 fully saturated rings. The first kappa shape index (κ1) is 14.5. The fraction of sp³-hybridized carbons (Fsp3) is 0.273. The first-order chi connectivity index (χ1) is 8.43. The minimum Gasteiger partial charge on any atom is -0.481 e. The molecule has 0 aliphatic rings. The van der Waals surface area contributed by atoms with Crippen molar-refractivity contribution < 1.29 is 19.4 Å². The van der Waals surface area contributed by atoms with Crippen molar-refractivity contribution in [2.24, 2.45) is 5.73 Å². The van der Waals surface area contributed by atoms with Crippen LogP contribution >= 0.6 is 15.9 Å². The van der Waals surface area contributed by atoms with Crippen LogP contribution in [0.5, 0.6) is 5.75 Å². The summed E-state index contributed by atoms with van der Waals surface area (Å²) in [5, 5.41) is 11.0. The van der Waals surface area contributed by atoms with E-state index in [9.17, 15) is 9.59 Å². The number of ether oxygens (including phenoxy) is 1. The number of halogens is 1. The molecule has 0 aliphatic heterocycles. The van der Waals surface area contributed by atoms with Crippen molar-refractivity contribution in [2.75, 3.05) is 0 Å². The van der Waals surface area contributed by atoms with E-state index in [1.165, 1.54) is 6.92 Å². The van der Waals surface area contributed by atoms with Crippen molar-refractivity contribution in [3.05, 3.63) is 28.2 Å². The van der Waals surface area contributed by atoms with E-state index in [0.717, 1.165) is 4.47 Å². The highest BCUT2D eigenvalue weighted by Gasteiger charge is 2.16. The van der Waals surface area contributed by atoms with E-state index >= 15 is 0 Å². The molecule has 1 aromatic carbocycles. The van der Waals surface area contributed by atoms with Crippen LogP contribution in [-0.2, 0) is 11.4 Å². The van der Waals surface area contributed by atoms with Gasteiger partial charge in [0.15, 0.2) is 6.10 Å². The number of carbonyl (C=O) groups excluding carboxylic acids is 2. The van der Waals surface area contributed by atoms with E-state index in [1.54, 1.807) is 18.2 Å². The van der Waals surface area contributed by atoms with E-state index < -0.39 is 18.0 Å². The summed E-state index contributed by atoms with van der Waals surface area (Å²) >= 11 is 3.26. The summed E-state index contributed by atoms with van der Waals surface area (Å²) in [5.74, 6) is -0.217. The number of rotatable bonds is 4. The van der Waals surface area contributed by atoms with Gasteiger partial charge in [0.25, 0.3) is 5.91 Å². The van der Waals surface area contributed by atoms with Crippen molar-refractivity contribution in [3.8, 4) is 5.75 Å². The summed E-state index contributed by atoms with van der Waals surface area (Å²) in [6, 6.07) is 4.00. The van der Waals surface area contributed by atoms with Gasteiger partial charge in [-0.25, -0.2) is 4.79 Å². The maximum Gasteiger partial charge on any atom is 0.318 e. The number of hydrogen-bond donors (Lipinski definition) is 3. The average molecular weight is 317 g/mol. The van der Waals surface area contributed by atoms with E-state index in [0.29, 0.717) is 11.3 Å². The Labute approximate surface area is 112 Å². The van der Waals surface area contributed by atoms with Crippen molar-refractivity contribution in [1.29, 1.82) is 0 Å². The summed E-state index contributed by atoms with van der Waals surface area (Å²) in [5.41, 5.74) is 5.46. The molecule has 0 heterocycles. The van der Waals surface area contributed by atoms with Gasteiger partial charge in [0.05, 0.1) is 6.61 Å². The van der Waals surface area contributed by atoms with Crippen LogP contribution in [0.15, 0.2) is 22.7 Å². The molecule has 0 radical (unpaired) electrons. The number of hydrogen-bond acceptors (Lipinski definition) is 4. The van der Waals surface area contributed by atoms with E-state index in [2.05, 4.69) is 15.9 Å². The number of aliphatic hydroxyl groups is 1. The average Bonchev–Trinajstić information content (AvgIpc) is 2.30. The molecule has 0 bridgehead atoms. The third-order valence-electron chi connectivity index (χ3n) is 2.12. The molecule has 7 heteroatoms. The quantitative estimate of drug-likeness (QED) is 0.768. The second-order valence-corrected chi connectivity index (χ2v) is 4.38. The lowest BCUT2D eigenvalue weighted by Gasteiger charge is -2.14. The molecular weight excluding hydrogens is 304 g/mol. The third-order valence-corrected chi connectivity index (χ3v) is 2.89. The molecule has 1 unspecified atom stereocenters. The number of aliphatic hydroxyl groups excluding tert-OH is 1. The lowest BCUT2D eigenvalue weighted by atomic mass is 10.2. The minimum absolute atomic E-state index is 0.153. The minimum atomic E-state index is -0.928. The molecule has 0 saturated carbocycles. The van der Waals surface area contributed by atoms with Gasteiger partial charge in [0, 0.05) is 4.47 Å². The lowest BCUT2D eigenvalue weighted by molar-refractivity contribution is -0.126. The number of amides is 3. The zero-order chi connectivity index (χ0) is 13.7. The number of nitrogens with two attached hydrogens (primary N) is 1. The third kappa shape index (κ3) is 4.01. The highest BCUT2D eigenvalue weighted by molar-refractivity contribution is 9.10. The van der Waals surface area contributed by atoms with E-state index in [4.69, 9.17) is 15.6 Å². The van der Waals surface area contributed by atoms with Crippen LogP contribution in [0.1, 0.15) is 12.5 Å². The maximum absolute atomic E-state index is 11.4. The van der Waals surface area contributed by atoms with Crippen LogP contribution in [0.25, 0.3) is 0 Å². The molecule has 0 aliphatic carbocycles. The monoisotopic (exact) mass is 316 g/mol. The molecule has 0 aromatic heterocycles. The van der Waals surface area contributed by atoms with Gasteiger partial charge in [-0.15, -0.1) is 0 Å². The van der Waals surface area contributed by atoms with Crippen LogP contribution in [0, 0.1) is 0 Å². The molecule has 1 aromatic rings. The summed E-state index contributed by atoms with van der Waals surface area (Å²) < 4.78 is 6.06. The van der Waals surface area contributed by atoms with Gasteiger partial charge in [-0.1, -0.05) is 15.9 Å². The molecule has 98 valence electrons. The molecule has 1 rings (SSSR count). The number of imide groups is 1. The van der Waals surface area contributed by atoms with Gasteiger partial charge in [0.1, 0.15) is 5.75 Å². The molecule has 6 nitrogen and oxygen atoms in total. The SMILES string of the molecule is CC(Oc1ccc(Br)c(CO)c1)C(=O)NC(N)=O. The van der Waals surface area contributed by atoms with Gasteiger partial charge in [-0.05, 0) is 30.7 Å². The Morgan fingerprint density at radius 1 is 1.56 bits per heavy atom. The van der Waals surface area contributed by atoms with Crippen molar-refractivity contribution >= 4 is 27.9 Å². The second kappa shape index (κ2) is 6.36. The zero-order valence-corrected chi connectivity index (χ0v) is 11.2. The number of benzene rings is 1. The topological polar surface area (TPSA) is 102 Å². The van der Waals surface area contributed by atoms with E-state index in [-0.39, 0.29) is 6.61 Å². The molecular formula is C11H13BrN2O4. The Hall–Kier alpha value is -1.60. The van der Waals surface area contributed by atoms with Gasteiger partial charge >= 0.3 is 6.03 Å². The Morgan fingerprint density at radius 2 is 2.22 bits per heavy atom. The van der Waals surface area contributed by atoms with E-state index in [1.807, 2.05) is 5.32 Å². The summed E-state index contributed by atoms with van der Waals surface area (Å²) in [6.07, 6.45) is -0.870. The maximum atomic E-state index is 11.4. The Bertz CT molecular complexity index is 464. The smallest absolute Gasteiger partial charge is 0.318 e. The number of carbonyl (C=O) groups is 2. The predicted molar refractivity (Wildman–Crippen MR) is 67.9 cm³/mol. The summed E-state index contributed by atoms with van der Waals surface area (Å²) in [4.78, 5) is 21.9. The van der Waals surface area contributed by atoms with Gasteiger partial charge < -0.3 is 15.6 Å². The number of primary amides is 1. The number of nitrogens with one attached hydrogen (secondary N) is 1. The standard InChI is InChI=1S/C11H13BrN2O4/c1-6(10(16)14-11(13)17)18-8-2-3-9(12)7(4-8)5-15/h2-4,6,15H,5H2,1H3,(H3,13,14,16,17). The van der Waals surface area contributed by atoms with Crippen LogP contribution < -0.4 is 15.8 Å². The van der Waals surface area contributed by atoms with Gasteiger partial charge in [-0.2, -0.15) is 0 Å². The summed E-state index contributed by atoms with van der Waals surface area (Å²) in [6.45, 7) is 1.33. The van der Waals surface area contributed by atoms with Crippen molar-refractivity contribution in [1.82, 2.24) is 5.32 Å². The first-order valence-electron chi connectivity index (χ1n) is 5.10. The van der Waals surface area contributed by atoms with Crippen LogP contribution in [-0.4, -0.2) is 23.1 Å². The first-order valence-corrected chi connectivity index (χ1v) is 5.89. The fourth-order valence-corrected chi connectivity index (χ4v) is 1.60. The molecule has 0 saturated heterocycles. The van der Waals surface area contributed by atoms with Gasteiger partial charge in [0.2, 0.25) is 0 Å². The Balaban J connectivity index is 2.72. The second-order valence-electron chi connectivity index (χ2n) is 3.52. The van der Waals surface area contributed by atoms with Crippen LogP contribution in [0.4, 0.5) is 4.79 Å². The molecule has 1 atom stereocenters. The Morgan fingerprint density at radius 3 is 2.78 bits per heavy atom. The summed E-state index contributed by atoms with van der Waals surface area (Å²) in [7, 11) is 0. The van der Waals surface area contributed by atoms with Crippen molar-refractivity contribution in [2.45, 2.75) is 19.6 Å². The number of urea groups is 1. The molecule has 4 N–H and O–H groups in total. The Kier molecular flexibility index (Phi) is 5.11. The van der Waals surface area contributed by atoms with Crippen LogP contribution in [0.2, 0.25) is 0 Å². The lowest BCUT2D eigenvalue weighted by Crippen LogP contribution is -2.42. The fourth-order valence-electron chi connectivity index (χ4n) is 1.23. The van der Waals surface area contributed by atoms with Crippen LogP contribution in [0.3, 0.4) is 0 Å². The highest BCUT2D eigenvalue weighted by atomic mass is 79.9. The van der Waals surface area contributed by atoms with Crippen molar-refractivity contribution in [3.63, 3.8) is 0 Å². The molecule has 0 spiro atoms. The largest absolute Gasteiger partial charge is 0.481 e. The highest BCUT2D eigenvalue weighted by Crippen LogP contribution is 2.23. The predicted octanol–water partition coefficient (Wildman–Crippen LogP) is 0.904. The normalized spacial score (nSPS) is 11.7. The van der Waals surface area contributed by atoms with Gasteiger partial charge in [-0.3, -0.25) is 10.1 Å². The molecule has 18 heavy (non-hydrogen) atoms. The molecule has 3 amide bonds.